The lowest BCUT2D eigenvalue weighted by Crippen LogP contribution is -2.44. The van der Waals surface area contributed by atoms with E-state index in [2.05, 4.69) is 48.8 Å². The molecule has 0 radical (unpaired) electrons. The SMILES string of the molecule is Cn1nc(C2CCC(=O)NC2=O)c2ccc(C3CCN(CCCS(=O)(=O)N4CCC(Nc5ncc(Cl)cn5)CC4)CC3)cc21. The number of carbonyl (C=O) groups excluding carboxylic acids is 2. The fourth-order valence-corrected chi connectivity index (χ4v) is 8.32. The minimum Gasteiger partial charge on any atom is -0.351 e. The average molecular weight is 643 g/mol. The van der Waals surface area contributed by atoms with Crippen LogP contribution in [0.5, 0.6) is 0 Å². The lowest BCUT2D eigenvalue weighted by molar-refractivity contribution is -0.134. The van der Waals surface area contributed by atoms with Crippen molar-refractivity contribution in [3.8, 4) is 0 Å². The number of hydrogen-bond donors (Lipinski definition) is 2. The highest BCUT2D eigenvalue weighted by Gasteiger charge is 2.32. The van der Waals surface area contributed by atoms with Gasteiger partial charge in [0.05, 0.1) is 40.3 Å². The van der Waals surface area contributed by atoms with Gasteiger partial charge in [0.2, 0.25) is 27.8 Å². The van der Waals surface area contributed by atoms with Crippen molar-refractivity contribution in [1.82, 2.24) is 34.3 Å². The molecule has 6 rings (SSSR count). The Morgan fingerprint density at radius 3 is 2.45 bits per heavy atom. The Kier molecular flexibility index (Phi) is 9.18. The third kappa shape index (κ3) is 6.90. The number of hydrogen-bond acceptors (Lipinski definition) is 9. The Bertz CT molecular complexity index is 1610. The number of nitrogens with zero attached hydrogens (tertiary/aromatic N) is 6. The number of sulfonamides is 1. The number of aryl methyl sites for hydroxylation is 1. The van der Waals surface area contributed by atoms with Crippen molar-refractivity contribution in [3.05, 3.63) is 46.9 Å². The van der Waals surface area contributed by atoms with Crippen LogP contribution in [-0.4, -0.2) is 93.7 Å². The summed E-state index contributed by atoms with van der Waals surface area (Å²) < 4.78 is 29.5. The maximum Gasteiger partial charge on any atom is 0.235 e. The Balaban J connectivity index is 0.958. The number of benzene rings is 1. The molecule has 2 aromatic heterocycles. The van der Waals surface area contributed by atoms with Gasteiger partial charge in [0.1, 0.15) is 0 Å². The number of anilines is 1. The summed E-state index contributed by atoms with van der Waals surface area (Å²) in [7, 11) is -1.40. The molecule has 1 aromatic carbocycles. The number of nitrogens with one attached hydrogen (secondary N) is 2. The third-order valence-corrected chi connectivity index (χ3v) is 11.4. The van der Waals surface area contributed by atoms with Crippen LogP contribution in [-0.2, 0) is 26.7 Å². The topological polar surface area (TPSA) is 142 Å². The van der Waals surface area contributed by atoms with E-state index >= 15 is 0 Å². The summed E-state index contributed by atoms with van der Waals surface area (Å²) in [5, 5.41) is 11.8. The average Bonchev–Trinajstić information content (AvgIpc) is 3.34. The van der Waals surface area contributed by atoms with Gasteiger partial charge in [0.25, 0.3) is 0 Å². The molecule has 0 saturated carbocycles. The number of amides is 2. The molecule has 3 aliphatic heterocycles. The minimum atomic E-state index is -3.30. The predicted molar refractivity (Wildman–Crippen MR) is 168 cm³/mol. The normalized spacial score (nSPS) is 21.5. The monoisotopic (exact) mass is 642 g/mol. The quantitative estimate of drug-likeness (QED) is 0.337. The first-order chi connectivity index (χ1) is 21.2. The number of carbonyl (C=O) groups is 2. The first-order valence-corrected chi connectivity index (χ1v) is 17.4. The highest BCUT2D eigenvalue weighted by molar-refractivity contribution is 7.89. The molecule has 2 N–H and O–H groups in total. The molecule has 236 valence electrons. The van der Waals surface area contributed by atoms with Crippen LogP contribution in [0.15, 0.2) is 30.6 Å². The molecule has 1 unspecified atom stereocenters. The van der Waals surface area contributed by atoms with Gasteiger partial charge in [-0.2, -0.15) is 5.10 Å². The smallest absolute Gasteiger partial charge is 0.235 e. The fraction of sp³-hybridized carbons (Fsp3) is 0.567. The highest BCUT2D eigenvalue weighted by Crippen LogP contribution is 2.34. The first-order valence-electron chi connectivity index (χ1n) is 15.4. The standard InChI is InChI=1S/C30H39ClN8O4S/c1-37-26-17-21(3-4-24(26)28(36-37)25-5-6-27(40)35-29(25)41)20-7-12-38(13-8-20)11-2-16-44(42,43)39-14-9-23(10-15-39)34-30-32-18-22(31)19-33-30/h3-4,17-20,23,25H,2,5-16H2,1H3,(H,32,33,34)(H,35,40,41). The van der Waals surface area contributed by atoms with Crippen molar-refractivity contribution in [2.45, 2.75) is 62.8 Å². The van der Waals surface area contributed by atoms with E-state index in [0.717, 1.165) is 49.1 Å². The molecule has 0 bridgehead atoms. The van der Waals surface area contributed by atoms with Crippen molar-refractivity contribution in [2.75, 3.05) is 43.8 Å². The van der Waals surface area contributed by atoms with E-state index in [4.69, 9.17) is 11.6 Å². The van der Waals surface area contributed by atoms with Crippen LogP contribution in [0.3, 0.4) is 0 Å². The van der Waals surface area contributed by atoms with Gasteiger partial charge in [-0.15, -0.1) is 0 Å². The Hall–Kier alpha value is -3.13. The summed E-state index contributed by atoms with van der Waals surface area (Å²) in [6.07, 6.45) is 7.95. The maximum absolute atomic E-state index is 13.0. The van der Waals surface area contributed by atoms with Crippen LogP contribution in [0.25, 0.3) is 10.9 Å². The molecular formula is C30H39ClN8O4S. The van der Waals surface area contributed by atoms with Crippen LogP contribution < -0.4 is 10.6 Å². The highest BCUT2D eigenvalue weighted by atomic mass is 35.5. The summed E-state index contributed by atoms with van der Waals surface area (Å²) in [6, 6.07) is 6.53. The summed E-state index contributed by atoms with van der Waals surface area (Å²) in [4.78, 5) is 34.8. The van der Waals surface area contributed by atoms with E-state index in [1.165, 1.54) is 5.56 Å². The van der Waals surface area contributed by atoms with E-state index in [1.807, 2.05) is 11.7 Å². The van der Waals surface area contributed by atoms with E-state index in [9.17, 15) is 18.0 Å². The van der Waals surface area contributed by atoms with Crippen molar-refractivity contribution in [3.63, 3.8) is 0 Å². The lowest BCUT2D eigenvalue weighted by Gasteiger charge is -2.33. The molecule has 3 saturated heterocycles. The molecule has 3 aromatic rings. The van der Waals surface area contributed by atoms with Crippen LogP contribution in [0.1, 0.15) is 68.0 Å². The maximum atomic E-state index is 13.0. The van der Waals surface area contributed by atoms with Crippen LogP contribution in [0, 0.1) is 0 Å². The van der Waals surface area contributed by atoms with Crippen molar-refractivity contribution in [2.24, 2.45) is 7.05 Å². The first kappa shape index (κ1) is 30.9. The van der Waals surface area contributed by atoms with Crippen molar-refractivity contribution in [1.29, 1.82) is 0 Å². The molecular weight excluding hydrogens is 604 g/mol. The zero-order valence-electron chi connectivity index (χ0n) is 24.9. The molecule has 12 nitrogen and oxygen atoms in total. The molecule has 44 heavy (non-hydrogen) atoms. The van der Waals surface area contributed by atoms with Crippen molar-refractivity contribution >= 4 is 50.3 Å². The Labute approximate surface area is 262 Å². The van der Waals surface area contributed by atoms with E-state index < -0.39 is 15.9 Å². The van der Waals surface area contributed by atoms with Gasteiger partial charge in [-0.3, -0.25) is 19.6 Å². The summed E-state index contributed by atoms with van der Waals surface area (Å²) >= 11 is 5.85. The van der Waals surface area contributed by atoms with E-state index in [-0.39, 0.29) is 23.6 Å². The van der Waals surface area contributed by atoms with Crippen LogP contribution in [0.2, 0.25) is 5.02 Å². The van der Waals surface area contributed by atoms with Crippen LogP contribution in [0.4, 0.5) is 5.95 Å². The molecule has 14 heteroatoms. The van der Waals surface area contributed by atoms with Gasteiger partial charge in [-0.05, 0) is 75.7 Å². The number of aromatic nitrogens is 4. The predicted octanol–water partition coefficient (Wildman–Crippen LogP) is 3.01. The van der Waals surface area contributed by atoms with Gasteiger partial charge < -0.3 is 10.2 Å². The lowest BCUT2D eigenvalue weighted by atomic mass is 9.88. The number of piperidine rings is 3. The number of likely N-dealkylation sites (tertiary alicyclic amines) is 1. The second kappa shape index (κ2) is 13.1. The van der Waals surface area contributed by atoms with Gasteiger partial charge in [-0.25, -0.2) is 22.7 Å². The second-order valence-corrected chi connectivity index (χ2v) is 14.6. The molecule has 1 atom stereocenters. The molecule has 2 amide bonds. The number of fused-ring (bicyclic) bond motifs is 1. The zero-order chi connectivity index (χ0) is 30.8. The molecule has 3 fully saturated rings. The van der Waals surface area contributed by atoms with Crippen LogP contribution >= 0.6 is 11.6 Å². The summed E-state index contributed by atoms with van der Waals surface area (Å²) in [5.41, 5.74) is 2.99. The van der Waals surface area contributed by atoms with Gasteiger partial charge in [0.15, 0.2) is 0 Å². The Morgan fingerprint density at radius 1 is 1.02 bits per heavy atom. The largest absolute Gasteiger partial charge is 0.351 e. The van der Waals surface area contributed by atoms with Gasteiger partial charge in [-0.1, -0.05) is 23.7 Å². The molecule has 0 aliphatic carbocycles. The number of rotatable bonds is 9. The number of halogens is 1. The van der Waals surface area contributed by atoms with Crippen molar-refractivity contribution < 1.29 is 18.0 Å². The number of imide groups is 1. The van der Waals surface area contributed by atoms with Gasteiger partial charge in [0, 0.05) is 38.0 Å². The zero-order valence-corrected chi connectivity index (χ0v) is 26.5. The third-order valence-electron chi connectivity index (χ3n) is 9.21. The van der Waals surface area contributed by atoms with E-state index in [0.29, 0.717) is 62.1 Å². The summed E-state index contributed by atoms with van der Waals surface area (Å²) in [5.74, 6) is 0.189. The second-order valence-electron chi connectivity index (χ2n) is 12.1. The van der Waals surface area contributed by atoms with Gasteiger partial charge >= 0.3 is 0 Å². The fourth-order valence-electron chi connectivity index (χ4n) is 6.71. The van der Waals surface area contributed by atoms with E-state index in [1.54, 1.807) is 16.7 Å². The molecule has 5 heterocycles. The molecule has 0 spiro atoms. The molecule has 3 aliphatic rings. The Morgan fingerprint density at radius 2 is 1.75 bits per heavy atom. The minimum absolute atomic E-state index is 0.134. The summed E-state index contributed by atoms with van der Waals surface area (Å²) in [6.45, 7) is 3.62.